The molecule has 0 atom stereocenters. The molecule has 0 amide bonds. The van der Waals surface area contributed by atoms with E-state index in [4.69, 9.17) is 0 Å². The minimum absolute atomic E-state index is 0.142. The van der Waals surface area contributed by atoms with E-state index in [0.29, 0.717) is 0 Å². The molecule has 1 heterocycles. The van der Waals surface area contributed by atoms with E-state index in [0.717, 1.165) is 23.6 Å². The van der Waals surface area contributed by atoms with E-state index in [1.54, 1.807) is 13.1 Å². The van der Waals surface area contributed by atoms with Gasteiger partial charge in [0.2, 0.25) is 0 Å². The van der Waals surface area contributed by atoms with Crippen molar-refractivity contribution in [3.8, 4) is 11.8 Å². The minimum Gasteiger partial charge on any atom is -0.363 e. The fraction of sp³-hybridized carbons (Fsp3) is 0.385. The minimum atomic E-state index is 0.142. The second kappa shape index (κ2) is 6.97. The molecule has 17 heavy (non-hydrogen) atoms. The molecule has 0 saturated heterocycles. The maximum absolute atomic E-state index is 10.7. The maximum Gasteiger partial charge on any atom is 0.185 e. The van der Waals surface area contributed by atoms with Gasteiger partial charge in [-0.15, -0.1) is 0 Å². The number of hydrogen-bond donors (Lipinski definition) is 0. The van der Waals surface area contributed by atoms with Gasteiger partial charge in [-0.1, -0.05) is 23.6 Å². The van der Waals surface area contributed by atoms with Crippen LogP contribution in [0, 0.1) is 11.8 Å². The Labute approximate surface area is 107 Å². The summed E-state index contributed by atoms with van der Waals surface area (Å²) in [4.78, 5) is 16.9. The SMILES string of the molecule is CC(=O)SCCC#Cc1ccc(N(C)C)nc1. The maximum atomic E-state index is 10.7. The van der Waals surface area contributed by atoms with Gasteiger partial charge in [0.1, 0.15) is 5.82 Å². The van der Waals surface area contributed by atoms with E-state index in [9.17, 15) is 4.79 Å². The first-order chi connectivity index (χ1) is 8.09. The van der Waals surface area contributed by atoms with E-state index in [2.05, 4.69) is 16.8 Å². The molecule has 0 aliphatic carbocycles. The van der Waals surface area contributed by atoms with Gasteiger partial charge in [0.25, 0.3) is 0 Å². The second-order valence-electron chi connectivity index (χ2n) is 3.69. The summed E-state index contributed by atoms with van der Waals surface area (Å²) >= 11 is 1.31. The van der Waals surface area contributed by atoms with Gasteiger partial charge in [-0.25, -0.2) is 4.98 Å². The molecule has 0 saturated carbocycles. The lowest BCUT2D eigenvalue weighted by molar-refractivity contribution is -0.109. The van der Waals surface area contributed by atoms with Crippen molar-refractivity contribution in [1.29, 1.82) is 0 Å². The van der Waals surface area contributed by atoms with Crippen molar-refractivity contribution in [1.82, 2.24) is 4.98 Å². The Hall–Kier alpha value is -1.47. The van der Waals surface area contributed by atoms with Gasteiger partial charge in [-0.2, -0.15) is 0 Å². The molecule has 90 valence electrons. The Morgan fingerprint density at radius 1 is 1.47 bits per heavy atom. The average molecular weight is 248 g/mol. The van der Waals surface area contributed by atoms with Gasteiger partial charge >= 0.3 is 0 Å². The van der Waals surface area contributed by atoms with Crippen molar-refractivity contribution in [3.05, 3.63) is 23.9 Å². The summed E-state index contributed by atoms with van der Waals surface area (Å²) in [6, 6.07) is 3.89. The highest BCUT2D eigenvalue weighted by molar-refractivity contribution is 8.13. The molecule has 0 aliphatic heterocycles. The molecular formula is C13H16N2OS. The molecule has 1 aromatic rings. The fourth-order valence-electron chi connectivity index (χ4n) is 1.13. The van der Waals surface area contributed by atoms with E-state index in [1.807, 2.05) is 31.1 Å². The quantitative estimate of drug-likeness (QED) is 0.606. The Balaban J connectivity index is 2.46. The highest BCUT2D eigenvalue weighted by atomic mass is 32.2. The van der Waals surface area contributed by atoms with Crippen molar-refractivity contribution in [2.75, 3.05) is 24.7 Å². The van der Waals surface area contributed by atoms with E-state index in [1.165, 1.54) is 11.8 Å². The fourth-order valence-corrected chi connectivity index (χ4v) is 1.63. The van der Waals surface area contributed by atoms with Crippen LogP contribution in [0.2, 0.25) is 0 Å². The summed E-state index contributed by atoms with van der Waals surface area (Å²) in [7, 11) is 3.90. The average Bonchev–Trinajstić information content (AvgIpc) is 2.29. The molecule has 1 rings (SSSR count). The summed E-state index contributed by atoms with van der Waals surface area (Å²) in [5.74, 6) is 7.73. The highest BCUT2D eigenvalue weighted by Crippen LogP contribution is 2.07. The zero-order valence-corrected chi connectivity index (χ0v) is 11.2. The molecule has 0 aromatic carbocycles. The van der Waals surface area contributed by atoms with Crippen LogP contribution in [0.15, 0.2) is 18.3 Å². The number of hydrogen-bond acceptors (Lipinski definition) is 4. The first-order valence-corrected chi connectivity index (χ1v) is 6.34. The van der Waals surface area contributed by atoms with Crippen molar-refractivity contribution < 1.29 is 4.79 Å². The van der Waals surface area contributed by atoms with Crippen molar-refractivity contribution in [2.24, 2.45) is 0 Å². The van der Waals surface area contributed by atoms with Crippen molar-refractivity contribution in [3.63, 3.8) is 0 Å². The van der Waals surface area contributed by atoms with Gasteiger partial charge in [0, 0.05) is 45.0 Å². The van der Waals surface area contributed by atoms with Crippen molar-refractivity contribution in [2.45, 2.75) is 13.3 Å². The highest BCUT2D eigenvalue weighted by Gasteiger charge is 1.95. The predicted molar refractivity (Wildman–Crippen MR) is 73.2 cm³/mol. The Bertz CT molecular complexity index is 429. The molecule has 0 bridgehead atoms. The Morgan fingerprint density at radius 2 is 2.24 bits per heavy atom. The van der Waals surface area contributed by atoms with Crippen LogP contribution in [0.25, 0.3) is 0 Å². The first-order valence-electron chi connectivity index (χ1n) is 5.35. The number of rotatable bonds is 3. The zero-order chi connectivity index (χ0) is 12.7. The number of carbonyl (C=O) groups excluding carboxylic acids is 1. The van der Waals surface area contributed by atoms with Crippen LogP contribution in [0.1, 0.15) is 18.9 Å². The predicted octanol–water partition coefficient (Wildman–Crippen LogP) is 2.17. The van der Waals surface area contributed by atoms with Gasteiger partial charge in [0.15, 0.2) is 5.12 Å². The number of thioether (sulfide) groups is 1. The molecule has 1 aromatic heterocycles. The molecule has 4 heteroatoms. The van der Waals surface area contributed by atoms with Crippen LogP contribution < -0.4 is 4.90 Å². The molecule has 0 radical (unpaired) electrons. The van der Waals surface area contributed by atoms with Crippen LogP contribution in [0.4, 0.5) is 5.82 Å². The number of anilines is 1. The third kappa shape index (κ3) is 5.41. The first kappa shape index (κ1) is 13.6. The lowest BCUT2D eigenvalue weighted by atomic mass is 10.3. The van der Waals surface area contributed by atoms with E-state index < -0.39 is 0 Å². The van der Waals surface area contributed by atoms with Crippen LogP contribution in [-0.4, -0.2) is 29.9 Å². The molecule has 0 aliphatic rings. The standard InChI is InChI=1S/C13H16N2OS/c1-11(16)17-9-5-4-6-12-7-8-13(14-10-12)15(2)3/h7-8,10H,5,9H2,1-3H3. The summed E-state index contributed by atoms with van der Waals surface area (Å²) in [5.41, 5.74) is 0.906. The molecule has 0 N–H and O–H groups in total. The summed E-state index contributed by atoms with van der Waals surface area (Å²) in [6.45, 7) is 1.57. The Morgan fingerprint density at radius 3 is 2.76 bits per heavy atom. The Kier molecular flexibility index (Phi) is 5.58. The summed E-state index contributed by atoms with van der Waals surface area (Å²) in [6.07, 6.45) is 2.49. The molecule has 0 fully saturated rings. The molecule has 3 nitrogen and oxygen atoms in total. The third-order valence-electron chi connectivity index (χ3n) is 1.97. The van der Waals surface area contributed by atoms with Crippen molar-refractivity contribution >= 4 is 22.7 Å². The lowest BCUT2D eigenvalue weighted by Gasteiger charge is -2.09. The number of pyridine rings is 1. The summed E-state index contributed by atoms with van der Waals surface area (Å²) < 4.78 is 0. The van der Waals surface area contributed by atoms with Crippen LogP contribution >= 0.6 is 11.8 Å². The summed E-state index contributed by atoms with van der Waals surface area (Å²) in [5, 5.41) is 0.142. The van der Waals surface area contributed by atoms with Crippen LogP contribution in [0.5, 0.6) is 0 Å². The third-order valence-corrected chi connectivity index (χ3v) is 2.79. The van der Waals surface area contributed by atoms with Gasteiger partial charge < -0.3 is 4.90 Å². The number of aromatic nitrogens is 1. The molecule has 0 unspecified atom stereocenters. The van der Waals surface area contributed by atoms with Gasteiger partial charge in [-0.3, -0.25) is 4.79 Å². The molecular weight excluding hydrogens is 232 g/mol. The topological polar surface area (TPSA) is 33.2 Å². The van der Waals surface area contributed by atoms with Crippen LogP contribution in [-0.2, 0) is 4.79 Å². The zero-order valence-electron chi connectivity index (χ0n) is 10.4. The van der Waals surface area contributed by atoms with E-state index >= 15 is 0 Å². The lowest BCUT2D eigenvalue weighted by Crippen LogP contribution is -2.10. The normalized spacial score (nSPS) is 9.35. The monoisotopic (exact) mass is 248 g/mol. The smallest absolute Gasteiger partial charge is 0.185 e. The largest absolute Gasteiger partial charge is 0.363 e. The van der Waals surface area contributed by atoms with Gasteiger partial charge in [-0.05, 0) is 12.1 Å². The number of carbonyl (C=O) groups is 1. The molecule has 0 spiro atoms. The number of nitrogens with zero attached hydrogens (tertiary/aromatic N) is 2. The second-order valence-corrected chi connectivity index (χ2v) is 4.96. The van der Waals surface area contributed by atoms with Gasteiger partial charge in [0.05, 0.1) is 0 Å². The van der Waals surface area contributed by atoms with Crippen LogP contribution in [0.3, 0.4) is 0 Å². The van der Waals surface area contributed by atoms with E-state index in [-0.39, 0.29) is 5.12 Å².